The van der Waals surface area contributed by atoms with Crippen molar-refractivity contribution in [3.8, 4) is 12.3 Å². The molecule has 3 heteroatoms. The van der Waals surface area contributed by atoms with Gasteiger partial charge in [-0.05, 0) is 27.8 Å². The highest BCUT2D eigenvalue weighted by Gasteiger charge is 2.51. The average molecular weight is 395 g/mol. The first-order valence-electron chi connectivity index (χ1n) is 10.1. The number of benzene rings is 2. The molecule has 2 atom stereocenters. The van der Waals surface area contributed by atoms with Crippen LogP contribution in [0.2, 0.25) is 5.04 Å². The molecule has 0 amide bonds. The molecule has 2 nitrogen and oxygen atoms in total. The lowest BCUT2D eigenvalue weighted by molar-refractivity contribution is 0.0970. The Hall–Kier alpha value is -1.86. The van der Waals surface area contributed by atoms with E-state index in [-0.39, 0.29) is 5.04 Å². The monoisotopic (exact) mass is 394 g/mol. The number of hydrogen-bond donors (Lipinski definition) is 1. The van der Waals surface area contributed by atoms with Gasteiger partial charge in [0.1, 0.15) is 6.10 Å². The van der Waals surface area contributed by atoms with E-state index in [4.69, 9.17) is 10.8 Å². The molecule has 0 radical (unpaired) electrons. The summed E-state index contributed by atoms with van der Waals surface area (Å²) in [5.74, 6) is 3.24. The van der Waals surface area contributed by atoms with Gasteiger partial charge >= 0.3 is 0 Å². The van der Waals surface area contributed by atoms with Crippen molar-refractivity contribution in [3.05, 3.63) is 60.7 Å². The minimum Gasteiger partial charge on any atom is -0.394 e. The van der Waals surface area contributed by atoms with Gasteiger partial charge in [-0.1, -0.05) is 101 Å². The van der Waals surface area contributed by atoms with Crippen molar-refractivity contribution < 1.29 is 9.53 Å². The van der Waals surface area contributed by atoms with Crippen LogP contribution < -0.4 is 10.4 Å². The Morgan fingerprint density at radius 1 is 0.929 bits per heavy atom. The molecular weight excluding hydrogens is 360 g/mol. The Morgan fingerprint density at radius 2 is 1.39 bits per heavy atom. The Kier molecular flexibility index (Phi) is 7.66. The van der Waals surface area contributed by atoms with Crippen LogP contribution in [0.3, 0.4) is 0 Å². The molecule has 0 aliphatic heterocycles. The van der Waals surface area contributed by atoms with Crippen molar-refractivity contribution in [2.24, 2.45) is 5.92 Å². The lowest BCUT2D eigenvalue weighted by Gasteiger charge is -2.44. The van der Waals surface area contributed by atoms with Crippen LogP contribution in [0.25, 0.3) is 0 Å². The molecule has 2 aromatic rings. The zero-order chi connectivity index (χ0) is 20.8. The fourth-order valence-corrected chi connectivity index (χ4v) is 8.55. The number of rotatable bonds is 8. The van der Waals surface area contributed by atoms with Gasteiger partial charge in [0, 0.05) is 6.42 Å². The quantitative estimate of drug-likeness (QED) is 0.532. The molecule has 0 aromatic heterocycles. The normalized spacial score (nSPS) is 14.5. The van der Waals surface area contributed by atoms with Gasteiger partial charge in [0.2, 0.25) is 0 Å². The highest BCUT2D eigenvalue weighted by atomic mass is 28.4. The van der Waals surface area contributed by atoms with Crippen molar-refractivity contribution in [2.75, 3.05) is 0 Å². The van der Waals surface area contributed by atoms with Crippen molar-refractivity contribution in [3.63, 3.8) is 0 Å². The molecule has 150 valence electrons. The molecule has 0 fully saturated rings. The summed E-state index contributed by atoms with van der Waals surface area (Å²) in [6, 6.07) is 20.9. The molecule has 0 unspecified atom stereocenters. The smallest absolute Gasteiger partial charge is 0.262 e. The lowest BCUT2D eigenvalue weighted by atomic mass is 10.0. The molecule has 0 spiro atoms. The van der Waals surface area contributed by atoms with Gasteiger partial charge in [-0.15, -0.1) is 6.42 Å². The van der Waals surface area contributed by atoms with Crippen LogP contribution in [0.4, 0.5) is 0 Å². The van der Waals surface area contributed by atoms with E-state index in [1.54, 1.807) is 0 Å². The second-order valence-electron chi connectivity index (χ2n) is 8.96. The third kappa shape index (κ3) is 5.14. The maximum Gasteiger partial charge on any atom is 0.262 e. The third-order valence-electron chi connectivity index (χ3n) is 5.15. The van der Waals surface area contributed by atoms with E-state index in [0.717, 1.165) is 6.42 Å². The average Bonchev–Trinajstić information content (AvgIpc) is 2.65. The van der Waals surface area contributed by atoms with Crippen LogP contribution in [0, 0.1) is 18.3 Å². The molecule has 0 saturated heterocycles. The van der Waals surface area contributed by atoms with Crippen molar-refractivity contribution in [2.45, 2.75) is 64.7 Å². The van der Waals surface area contributed by atoms with E-state index >= 15 is 0 Å². The summed E-state index contributed by atoms with van der Waals surface area (Å²) in [5, 5.41) is 12.8. The molecule has 0 aliphatic carbocycles. The molecular formula is C25H34O2Si. The van der Waals surface area contributed by atoms with E-state index in [9.17, 15) is 5.11 Å². The predicted molar refractivity (Wildman–Crippen MR) is 121 cm³/mol. The number of aliphatic hydroxyl groups excluding tert-OH is 1. The Balaban J connectivity index is 2.53. The maximum atomic E-state index is 10.5. The molecule has 1 N–H and O–H groups in total. The van der Waals surface area contributed by atoms with Crippen LogP contribution in [0.1, 0.15) is 47.5 Å². The fraction of sp³-hybridized carbons (Fsp3) is 0.440. The zero-order valence-corrected chi connectivity index (χ0v) is 18.9. The topological polar surface area (TPSA) is 29.5 Å². The number of hydrogen-bond acceptors (Lipinski definition) is 2. The highest BCUT2D eigenvalue weighted by Crippen LogP contribution is 2.38. The molecule has 0 saturated carbocycles. The summed E-state index contributed by atoms with van der Waals surface area (Å²) < 4.78 is 6.92. The van der Waals surface area contributed by atoms with E-state index in [1.165, 1.54) is 10.4 Å². The molecule has 0 heterocycles. The van der Waals surface area contributed by atoms with Crippen molar-refractivity contribution >= 4 is 18.7 Å². The Bertz CT molecular complexity index is 717. The van der Waals surface area contributed by atoms with Crippen LogP contribution >= 0.6 is 0 Å². The minimum atomic E-state index is -2.69. The first kappa shape index (κ1) is 22.4. The van der Waals surface area contributed by atoms with Gasteiger partial charge in [-0.25, -0.2) is 0 Å². The van der Waals surface area contributed by atoms with Gasteiger partial charge in [0.05, 0.1) is 6.10 Å². The van der Waals surface area contributed by atoms with Gasteiger partial charge in [0.25, 0.3) is 8.32 Å². The van der Waals surface area contributed by atoms with E-state index in [2.05, 4.69) is 89.1 Å². The highest BCUT2D eigenvalue weighted by molar-refractivity contribution is 6.99. The largest absolute Gasteiger partial charge is 0.394 e. The summed E-state index contributed by atoms with van der Waals surface area (Å²) in [6.07, 6.45) is 6.19. The molecule has 28 heavy (non-hydrogen) atoms. The van der Waals surface area contributed by atoms with Crippen LogP contribution in [-0.4, -0.2) is 25.6 Å². The fourth-order valence-electron chi connectivity index (χ4n) is 3.94. The summed E-state index contributed by atoms with van der Waals surface area (Å²) in [4.78, 5) is 0. The van der Waals surface area contributed by atoms with Crippen molar-refractivity contribution in [1.82, 2.24) is 0 Å². The molecule has 2 aromatic carbocycles. The third-order valence-corrected chi connectivity index (χ3v) is 10.2. The van der Waals surface area contributed by atoms with Gasteiger partial charge < -0.3 is 9.53 Å². The first-order chi connectivity index (χ1) is 13.2. The SMILES string of the molecule is C#C[C@@H](C[C@H](O)CC(C)C)O[Si](c1ccccc1)(c1ccccc1)C(C)(C)C. The molecule has 0 bridgehead atoms. The summed E-state index contributed by atoms with van der Waals surface area (Å²) in [5.41, 5.74) is 0. The standard InChI is InChI=1S/C25H34O2Si/c1-7-22(19-21(26)18-20(2)3)27-28(25(4,5)6,23-14-10-8-11-15-23)24-16-12-9-13-17-24/h1,8-17,20-22,26H,18-19H2,2-6H3/t21-,22+/m1/s1. The molecule has 2 rings (SSSR count). The van der Waals surface area contributed by atoms with Gasteiger partial charge in [0.15, 0.2) is 0 Å². The predicted octanol–water partition coefficient (Wildman–Crippen LogP) is 4.36. The van der Waals surface area contributed by atoms with Crippen LogP contribution in [0.15, 0.2) is 60.7 Å². The second-order valence-corrected chi connectivity index (χ2v) is 13.2. The van der Waals surface area contributed by atoms with Crippen LogP contribution in [-0.2, 0) is 4.43 Å². The maximum absolute atomic E-state index is 10.5. The summed E-state index contributed by atoms with van der Waals surface area (Å²) >= 11 is 0. The summed E-state index contributed by atoms with van der Waals surface area (Å²) in [6.45, 7) is 10.9. The van der Waals surface area contributed by atoms with E-state index in [1.807, 2.05) is 12.1 Å². The number of aliphatic hydroxyl groups is 1. The minimum absolute atomic E-state index is 0.131. The molecule has 0 aliphatic rings. The Morgan fingerprint density at radius 3 is 1.75 bits per heavy atom. The first-order valence-corrected chi connectivity index (χ1v) is 12.0. The number of terminal acetylenes is 1. The van der Waals surface area contributed by atoms with Crippen molar-refractivity contribution in [1.29, 1.82) is 0 Å². The zero-order valence-electron chi connectivity index (χ0n) is 17.9. The van der Waals surface area contributed by atoms with Gasteiger partial charge in [-0.2, -0.15) is 0 Å². The lowest BCUT2D eigenvalue weighted by Crippen LogP contribution is -2.67. The van der Waals surface area contributed by atoms with Gasteiger partial charge in [-0.3, -0.25) is 0 Å². The second kappa shape index (κ2) is 9.56. The van der Waals surface area contributed by atoms with Crippen LogP contribution in [0.5, 0.6) is 0 Å². The Labute approximate surface area is 172 Å². The summed E-state index contributed by atoms with van der Waals surface area (Å²) in [7, 11) is -2.69. The van der Waals surface area contributed by atoms with E-state index < -0.39 is 20.5 Å². The van der Waals surface area contributed by atoms with E-state index in [0.29, 0.717) is 12.3 Å².